The number of nitrogens with zero attached hydrogens (tertiary/aromatic N) is 4. The molecule has 7 heteroatoms. The Bertz CT molecular complexity index is 845. The Morgan fingerprint density at radius 1 is 1.31 bits per heavy atom. The van der Waals surface area contributed by atoms with Gasteiger partial charge in [0.05, 0.1) is 17.3 Å². The van der Waals surface area contributed by atoms with E-state index >= 15 is 0 Å². The molecule has 7 nitrogen and oxygen atoms in total. The molecule has 134 valence electrons. The molecule has 1 fully saturated rings. The fourth-order valence-corrected chi connectivity index (χ4v) is 3.35. The molecule has 0 radical (unpaired) electrons. The number of benzene rings is 1. The van der Waals surface area contributed by atoms with Gasteiger partial charge in [-0.2, -0.15) is 5.10 Å². The number of amides is 1. The van der Waals surface area contributed by atoms with Crippen LogP contribution in [0.3, 0.4) is 0 Å². The van der Waals surface area contributed by atoms with Gasteiger partial charge in [-0.3, -0.25) is 9.69 Å². The van der Waals surface area contributed by atoms with Crippen molar-refractivity contribution in [3.8, 4) is 5.69 Å². The van der Waals surface area contributed by atoms with Gasteiger partial charge >= 0.3 is 0 Å². The van der Waals surface area contributed by atoms with Gasteiger partial charge in [-0.1, -0.05) is 11.2 Å². The molecule has 1 atom stereocenters. The van der Waals surface area contributed by atoms with Crippen LogP contribution in [0.1, 0.15) is 18.5 Å². The van der Waals surface area contributed by atoms with Crippen LogP contribution >= 0.6 is 0 Å². The smallest absolute Gasteiger partial charge is 0.228 e. The lowest BCUT2D eigenvalue weighted by molar-refractivity contribution is -0.121. The van der Waals surface area contributed by atoms with Crippen molar-refractivity contribution in [1.82, 2.24) is 19.8 Å². The average molecular weight is 351 g/mol. The van der Waals surface area contributed by atoms with Gasteiger partial charge in [-0.15, -0.1) is 0 Å². The summed E-state index contributed by atoms with van der Waals surface area (Å²) in [5.74, 6) is 0.0384. The number of carbonyl (C=O) groups is 1. The van der Waals surface area contributed by atoms with Crippen molar-refractivity contribution in [3.05, 3.63) is 60.7 Å². The summed E-state index contributed by atoms with van der Waals surface area (Å²) in [5.41, 5.74) is 2.61. The summed E-state index contributed by atoms with van der Waals surface area (Å²) in [7, 11) is 0. The van der Waals surface area contributed by atoms with Crippen molar-refractivity contribution >= 4 is 11.6 Å². The molecule has 1 aliphatic heterocycles. The normalized spacial score (nSPS) is 17.9. The molecule has 1 aromatic carbocycles. The van der Waals surface area contributed by atoms with Gasteiger partial charge in [0.1, 0.15) is 6.26 Å². The fraction of sp³-hybridized carbons (Fsp3) is 0.316. The SMILES string of the molecule is O=C(Nc1cccc(-n2cccn2)c1)C1CCCN(Cc2ccon2)C1. The first-order valence-corrected chi connectivity index (χ1v) is 8.80. The molecule has 0 aliphatic carbocycles. The second-order valence-corrected chi connectivity index (χ2v) is 6.56. The summed E-state index contributed by atoms with van der Waals surface area (Å²) in [6, 6.07) is 11.5. The van der Waals surface area contributed by atoms with Crippen LogP contribution in [0.4, 0.5) is 5.69 Å². The van der Waals surface area contributed by atoms with E-state index in [0.29, 0.717) is 0 Å². The second-order valence-electron chi connectivity index (χ2n) is 6.56. The molecule has 0 saturated carbocycles. The molecule has 1 N–H and O–H groups in total. The van der Waals surface area contributed by atoms with E-state index in [1.54, 1.807) is 17.1 Å². The van der Waals surface area contributed by atoms with E-state index in [4.69, 9.17) is 4.52 Å². The van der Waals surface area contributed by atoms with Crippen LogP contribution in [-0.4, -0.2) is 38.8 Å². The monoisotopic (exact) mass is 351 g/mol. The highest BCUT2D eigenvalue weighted by atomic mass is 16.5. The van der Waals surface area contributed by atoms with E-state index in [-0.39, 0.29) is 11.8 Å². The highest BCUT2D eigenvalue weighted by molar-refractivity contribution is 5.93. The Kier molecular flexibility index (Phi) is 4.79. The van der Waals surface area contributed by atoms with Crippen molar-refractivity contribution in [3.63, 3.8) is 0 Å². The van der Waals surface area contributed by atoms with Gasteiger partial charge in [0.2, 0.25) is 5.91 Å². The summed E-state index contributed by atoms with van der Waals surface area (Å²) in [5, 5.41) is 11.2. The minimum absolute atomic E-state index is 0.0241. The summed E-state index contributed by atoms with van der Waals surface area (Å²) in [6.07, 6.45) is 7.10. The first-order valence-electron chi connectivity index (χ1n) is 8.80. The molecule has 1 unspecified atom stereocenters. The van der Waals surface area contributed by atoms with Gasteiger partial charge in [-0.25, -0.2) is 4.68 Å². The molecule has 26 heavy (non-hydrogen) atoms. The maximum absolute atomic E-state index is 12.7. The third-order valence-corrected chi connectivity index (χ3v) is 4.64. The number of likely N-dealkylation sites (tertiary alicyclic amines) is 1. The minimum Gasteiger partial charge on any atom is -0.364 e. The molecule has 0 spiro atoms. The largest absolute Gasteiger partial charge is 0.364 e. The van der Waals surface area contributed by atoms with E-state index in [1.807, 2.05) is 42.6 Å². The van der Waals surface area contributed by atoms with E-state index in [2.05, 4.69) is 20.5 Å². The summed E-state index contributed by atoms with van der Waals surface area (Å²) < 4.78 is 6.66. The lowest BCUT2D eigenvalue weighted by Gasteiger charge is -2.31. The zero-order chi connectivity index (χ0) is 17.8. The summed E-state index contributed by atoms with van der Waals surface area (Å²) >= 11 is 0. The van der Waals surface area contributed by atoms with Crippen molar-refractivity contribution in [2.45, 2.75) is 19.4 Å². The van der Waals surface area contributed by atoms with E-state index in [1.165, 1.54) is 0 Å². The van der Waals surface area contributed by atoms with Crippen LogP contribution < -0.4 is 5.32 Å². The highest BCUT2D eigenvalue weighted by Crippen LogP contribution is 2.21. The summed E-state index contributed by atoms with van der Waals surface area (Å²) in [4.78, 5) is 15.0. The van der Waals surface area contributed by atoms with Crippen LogP contribution in [0, 0.1) is 5.92 Å². The zero-order valence-corrected chi connectivity index (χ0v) is 14.4. The Labute approximate surface area is 151 Å². The van der Waals surface area contributed by atoms with E-state index in [0.717, 1.165) is 49.5 Å². The Hall–Kier alpha value is -2.93. The van der Waals surface area contributed by atoms with Crippen molar-refractivity contribution in [2.75, 3.05) is 18.4 Å². The first kappa shape index (κ1) is 16.5. The highest BCUT2D eigenvalue weighted by Gasteiger charge is 2.26. The number of hydrogen-bond acceptors (Lipinski definition) is 5. The van der Waals surface area contributed by atoms with Crippen molar-refractivity contribution < 1.29 is 9.32 Å². The van der Waals surface area contributed by atoms with Crippen LogP contribution in [0.2, 0.25) is 0 Å². The van der Waals surface area contributed by atoms with Crippen LogP contribution in [0.25, 0.3) is 5.69 Å². The van der Waals surface area contributed by atoms with Gasteiger partial charge < -0.3 is 9.84 Å². The van der Waals surface area contributed by atoms with Gasteiger partial charge in [0, 0.05) is 37.2 Å². The second kappa shape index (κ2) is 7.53. The molecule has 3 aromatic rings. The number of hydrogen-bond donors (Lipinski definition) is 1. The quantitative estimate of drug-likeness (QED) is 0.765. The number of nitrogens with one attached hydrogen (secondary N) is 1. The molecule has 3 heterocycles. The molecule has 1 saturated heterocycles. The first-order chi connectivity index (χ1) is 12.8. The molecule has 1 amide bonds. The van der Waals surface area contributed by atoms with Gasteiger partial charge in [0.15, 0.2) is 0 Å². The lowest BCUT2D eigenvalue weighted by Crippen LogP contribution is -2.40. The van der Waals surface area contributed by atoms with Crippen LogP contribution in [0.15, 0.2) is 59.6 Å². The Balaban J connectivity index is 1.39. The maximum Gasteiger partial charge on any atom is 0.228 e. The third-order valence-electron chi connectivity index (χ3n) is 4.64. The fourth-order valence-electron chi connectivity index (χ4n) is 3.35. The average Bonchev–Trinajstić information content (AvgIpc) is 3.36. The van der Waals surface area contributed by atoms with E-state index < -0.39 is 0 Å². The molecule has 1 aliphatic rings. The van der Waals surface area contributed by atoms with E-state index in [9.17, 15) is 4.79 Å². The number of anilines is 1. The molecular weight excluding hydrogens is 330 g/mol. The van der Waals surface area contributed by atoms with Crippen molar-refractivity contribution in [1.29, 1.82) is 0 Å². The molecule has 0 bridgehead atoms. The number of rotatable bonds is 5. The molecule has 2 aromatic heterocycles. The topological polar surface area (TPSA) is 76.2 Å². The van der Waals surface area contributed by atoms with Crippen LogP contribution in [0.5, 0.6) is 0 Å². The Morgan fingerprint density at radius 3 is 3.08 bits per heavy atom. The lowest BCUT2D eigenvalue weighted by atomic mass is 9.97. The number of aromatic nitrogens is 3. The molecular formula is C19H21N5O2. The number of carbonyl (C=O) groups excluding carboxylic acids is 1. The minimum atomic E-state index is -0.0241. The number of piperidine rings is 1. The predicted molar refractivity (Wildman–Crippen MR) is 96.7 cm³/mol. The summed E-state index contributed by atoms with van der Waals surface area (Å²) in [6.45, 7) is 2.43. The standard InChI is InChI=1S/C19H21N5O2/c25-19(15-4-2-9-23(13-15)14-17-7-11-26-22-17)21-16-5-1-6-18(12-16)24-10-3-8-20-24/h1,3,5-8,10-12,15H,2,4,9,13-14H2,(H,21,25). The maximum atomic E-state index is 12.7. The zero-order valence-electron chi connectivity index (χ0n) is 14.4. The predicted octanol–water partition coefficient (Wildman–Crippen LogP) is 2.71. The van der Waals surface area contributed by atoms with Gasteiger partial charge in [-0.05, 0) is 43.7 Å². The van der Waals surface area contributed by atoms with Crippen molar-refractivity contribution in [2.24, 2.45) is 5.92 Å². The Morgan fingerprint density at radius 2 is 2.27 bits per heavy atom. The van der Waals surface area contributed by atoms with Crippen LogP contribution in [-0.2, 0) is 11.3 Å². The van der Waals surface area contributed by atoms with Gasteiger partial charge in [0.25, 0.3) is 0 Å². The molecule has 4 rings (SSSR count). The third kappa shape index (κ3) is 3.83.